The van der Waals surface area contributed by atoms with Crippen molar-refractivity contribution in [1.29, 1.82) is 0 Å². The van der Waals surface area contributed by atoms with Gasteiger partial charge in [-0.15, -0.1) is 0 Å². The van der Waals surface area contributed by atoms with Gasteiger partial charge < -0.3 is 14.4 Å². The molecule has 2 fully saturated rings. The number of hydrogen-bond donors (Lipinski definition) is 0. The van der Waals surface area contributed by atoms with Gasteiger partial charge in [0.15, 0.2) is 26.5 Å². The van der Waals surface area contributed by atoms with Gasteiger partial charge in [0.2, 0.25) is 5.91 Å². The molecule has 1 amide bonds. The third-order valence-corrected chi connectivity index (χ3v) is 8.31. The summed E-state index contributed by atoms with van der Waals surface area (Å²) in [5.41, 5.74) is 1.05. The minimum atomic E-state index is -3.05. The van der Waals surface area contributed by atoms with Crippen molar-refractivity contribution >= 4 is 32.7 Å². The fraction of sp³-hybridized carbons (Fsp3) is 0.600. The lowest BCUT2D eigenvalue weighted by Crippen LogP contribution is -2.39. The summed E-state index contributed by atoms with van der Waals surface area (Å²) in [5.74, 6) is 1.67. The normalized spacial score (nSPS) is 24.2. The van der Waals surface area contributed by atoms with Crippen LogP contribution in [-0.4, -0.2) is 68.0 Å². The molecule has 160 valence electrons. The van der Waals surface area contributed by atoms with Crippen molar-refractivity contribution in [3.63, 3.8) is 0 Å². The van der Waals surface area contributed by atoms with Crippen molar-refractivity contribution in [2.24, 2.45) is 10.9 Å². The number of aliphatic imine (C=N–C) groups is 1. The Kier molecular flexibility index (Phi) is 6.78. The van der Waals surface area contributed by atoms with E-state index in [1.54, 1.807) is 14.2 Å². The summed E-state index contributed by atoms with van der Waals surface area (Å²) in [5, 5.41) is 0.594. The number of methoxy groups -OCH3 is 2. The van der Waals surface area contributed by atoms with Gasteiger partial charge >= 0.3 is 0 Å². The summed E-state index contributed by atoms with van der Waals surface area (Å²) in [4.78, 5) is 18.6. The van der Waals surface area contributed by atoms with Gasteiger partial charge in [-0.25, -0.2) is 8.42 Å². The lowest BCUT2D eigenvalue weighted by atomic mass is 10.1. The molecule has 1 aromatic rings. The van der Waals surface area contributed by atoms with E-state index in [0.29, 0.717) is 36.1 Å². The molecular weight excluding hydrogens is 412 g/mol. The number of thioether (sulfide) groups is 1. The number of amides is 1. The van der Waals surface area contributed by atoms with Crippen LogP contribution < -0.4 is 9.47 Å². The number of sulfone groups is 1. The quantitative estimate of drug-likeness (QED) is 0.643. The number of ether oxygens (including phenoxy) is 2. The first-order chi connectivity index (χ1) is 13.7. The van der Waals surface area contributed by atoms with Crippen molar-refractivity contribution in [3.8, 4) is 11.5 Å². The Morgan fingerprint density at radius 2 is 1.97 bits per heavy atom. The standard InChI is InChI=1S/C20H28N2O5S2/c1-13(2)9-19(23)21-20-22(15-11-29(24,25)12-18(15)28-20)8-7-14-5-6-16(26-3)17(10-14)27-4/h5-6,10,13,15,18H,7-9,11-12H2,1-4H3/t15-,18-/m1/s1. The molecule has 2 atom stereocenters. The molecule has 0 aliphatic carbocycles. The first kappa shape index (κ1) is 22.0. The van der Waals surface area contributed by atoms with Crippen molar-refractivity contribution in [2.45, 2.75) is 38.0 Å². The maximum atomic E-state index is 12.3. The Labute approximate surface area is 176 Å². The molecule has 0 radical (unpaired) electrons. The summed E-state index contributed by atoms with van der Waals surface area (Å²) < 4.78 is 34.9. The highest BCUT2D eigenvalue weighted by atomic mass is 32.2. The van der Waals surface area contributed by atoms with E-state index in [0.717, 1.165) is 5.56 Å². The zero-order valence-corrected chi connectivity index (χ0v) is 18.9. The number of amidine groups is 1. The van der Waals surface area contributed by atoms with Gasteiger partial charge in [0.05, 0.1) is 31.8 Å². The van der Waals surface area contributed by atoms with Gasteiger partial charge in [-0.05, 0) is 30.0 Å². The van der Waals surface area contributed by atoms with E-state index >= 15 is 0 Å². The molecule has 0 spiro atoms. The van der Waals surface area contributed by atoms with Gasteiger partial charge in [0, 0.05) is 18.2 Å². The number of hydrogen-bond acceptors (Lipinski definition) is 6. The monoisotopic (exact) mass is 440 g/mol. The molecule has 3 rings (SSSR count). The second-order valence-electron chi connectivity index (χ2n) is 7.82. The summed E-state index contributed by atoms with van der Waals surface area (Å²) in [6.45, 7) is 4.55. The van der Waals surface area contributed by atoms with Crippen LogP contribution in [0.4, 0.5) is 0 Å². The number of rotatable bonds is 7. The molecule has 9 heteroatoms. The van der Waals surface area contributed by atoms with Crippen LogP contribution in [0.25, 0.3) is 0 Å². The van der Waals surface area contributed by atoms with Crippen LogP contribution in [0.2, 0.25) is 0 Å². The van der Waals surface area contributed by atoms with Gasteiger partial charge in [0.25, 0.3) is 0 Å². The first-order valence-corrected chi connectivity index (χ1v) is 12.4. The Morgan fingerprint density at radius 1 is 1.24 bits per heavy atom. The van der Waals surface area contributed by atoms with E-state index in [1.165, 1.54) is 11.8 Å². The minimum absolute atomic E-state index is 0.0593. The smallest absolute Gasteiger partial charge is 0.248 e. The number of benzene rings is 1. The lowest BCUT2D eigenvalue weighted by molar-refractivity contribution is -0.118. The predicted octanol–water partition coefficient (Wildman–Crippen LogP) is 2.39. The van der Waals surface area contributed by atoms with E-state index in [2.05, 4.69) is 4.99 Å². The van der Waals surface area contributed by atoms with Crippen molar-refractivity contribution in [2.75, 3.05) is 32.3 Å². The highest BCUT2D eigenvalue weighted by Crippen LogP contribution is 2.38. The molecule has 7 nitrogen and oxygen atoms in total. The van der Waals surface area contributed by atoms with Gasteiger partial charge in [0.1, 0.15) is 0 Å². The largest absolute Gasteiger partial charge is 0.493 e. The third kappa shape index (κ3) is 5.25. The van der Waals surface area contributed by atoms with Crippen LogP contribution in [0.3, 0.4) is 0 Å². The van der Waals surface area contributed by atoms with Crippen LogP contribution in [0.5, 0.6) is 11.5 Å². The Balaban J connectivity index is 1.78. The summed E-state index contributed by atoms with van der Waals surface area (Å²) in [6, 6.07) is 5.62. The van der Waals surface area contributed by atoms with Crippen LogP contribution in [0, 0.1) is 5.92 Å². The average Bonchev–Trinajstić information content (AvgIpc) is 3.09. The van der Waals surface area contributed by atoms with Crippen molar-refractivity contribution in [1.82, 2.24) is 4.90 Å². The number of carbonyl (C=O) groups is 1. The van der Waals surface area contributed by atoms with E-state index < -0.39 is 9.84 Å². The maximum Gasteiger partial charge on any atom is 0.248 e. The topological polar surface area (TPSA) is 85.3 Å². The van der Waals surface area contributed by atoms with E-state index in [-0.39, 0.29) is 34.6 Å². The highest BCUT2D eigenvalue weighted by molar-refractivity contribution is 8.15. The molecule has 1 aromatic carbocycles. The molecule has 29 heavy (non-hydrogen) atoms. The Morgan fingerprint density at radius 3 is 2.62 bits per heavy atom. The summed E-state index contributed by atoms with van der Waals surface area (Å²) in [6.07, 6.45) is 1.07. The SMILES string of the molecule is COc1ccc(CCN2C(=NC(=O)CC(C)C)S[C@@H]3CS(=O)(=O)C[C@H]32)cc1OC. The fourth-order valence-corrected chi connectivity index (χ4v) is 7.68. The van der Waals surface area contributed by atoms with E-state index in [4.69, 9.17) is 9.47 Å². The van der Waals surface area contributed by atoms with Crippen LogP contribution in [0.1, 0.15) is 25.8 Å². The first-order valence-electron chi connectivity index (χ1n) is 9.68. The highest BCUT2D eigenvalue weighted by Gasteiger charge is 2.48. The Hall–Kier alpha value is -1.74. The third-order valence-electron chi connectivity index (χ3n) is 5.07. The molecule has 2 heterocycles. The van der Waals surface area contributed by atoms with E-state index in [9.17, 15) is 13.2 Å². The molecular formula is C20H28N2O5S2. The average molecular weight is 441 g/mol. The van der Waals surface area contributed by atoms with Gasteiger partial charge in [-0.1, -0.05) is 31.7 Å². The minimum Gasteiger partial charge on any atom is -0.493 e. The molecule has 0 bridgehead atoms. The van der Waals surface area contributed by atoms with Gasteiger partial charge in [-0.2, -0.15) is 4.99 Å². The van der Waals surface area contributed by atoms with Crippen molar-refractivity contribution in [3.05, 3.63) is 23.8 Å². The molecule has 2 aliphatic rings. The summed E-state index contributed by atoms with van der Waals surface area (Å²) >= 11 is 1.43. The lowest BCUT2D eigenvalue weighted by Gasteiger charge is -2.24. The zero-order valence-electron chi connectivity index (χ0n) is 17.3. The van der Waals surface area contributed by atoms with Crippen LogP contribution in [0.15, 0.2) is 23.2 Å². The fourth-order valence-electron chi connectivity index (χ4n) is 3.68. The number of nitrogens with zero attached hydrogens (tertiary/aromatic N) is 2. The molecule has 2 aliphatic heterocycles. The van der Waals surface area contributed by atoms with Crippen LogP contribution >= 0.6 is 11.8 Å². The van der Waals surface area contributed by atoms with Crippen molar-refractivity contribution < 1.29 is 22.7 Å². The Bertz CT molecular complexity index is 898. The summed E-state index contributed by atoms with van der Waals surface area (Å²) in [7, 11) is 0.138. The molecule has 0 aromatic heterocycles. The van der Waals surface area contributed by atoms with Gasteiger partial charge in [-0.3, -0.25) is 4.79 Å². The number of carbonyl (C=O) groups excluding carboxylic acids is 1. The van der Waals surface area contributed by atoms with E-state index in [1.807, 2.05) is 36.9 Å². The zero-order chi connectivity index (χ0) is 21.2. The molecule has 2 saturated heterocycles. The molecule has 0 N–H and O–H groups in total. The number of fused-ring (bicyclic) bond motifs is 1. The maximum absolute atomic E-state index is 12.3. The second-order valence-corrected chi connectivity index (χ2v) is 11.2. The molecule has 0 saturated carbocycles. The van der Waals surface area contributed by atoms with Crippen LogP contribution in [-0.2, 0) is 21.1 Å². The second kappa shape index (κ2) is 8.95. The molecule has 0 unspecified atom stereocenters. The predicted molar refractivity (Wildman–Crippen MR) is 116 cm³/mol.